The molecule has 1 aromatic carbocycles. The summed E-state index contributed by atoms with van der Waals surface area (Å²) in [6, 6.07) is 3.34. The van der Waals surface area contributed by atoms with Gasteiger partial charge < -0.3 is 10.3 Å². The molecule has 0 radical (unpaired) electrons. The van der Waals surface area contributed by atoms with E-state index in [0.29, 0.717) is 16.9 Å². The Bertz CT molecular complexity index is 583. The van der Waals surface area contributed by atoms with Crippen LogP contribution in [-0.4, -0.2) is 5.16 Å². The van der Waals surface area contributed by atoms with Gasteiger partial charge in [0.25, 0.3) is 0 Å². The quantitative estimate of drug-likeness (QED) is 0.896. The monoisotopic (exact) mass is 264 g/mol. The molecule has 0 spiro atoms. The maximum Gasteiger partial charge on any atom is 0.175 e. The molecule has 3 nitrogen and oxygen atoms in total. The van der Waals surface area contributed by atoms with E-state index in [1.54, 1.807) is 0 Å². The number of aromatic nitrogens is 1. The van der Waals surface area contributed by atoms with E-state index < -0.39 is 11.6 Å². The van der Waals surface area contributed by atoms with Crippen LogP contribution in [0.2, 0.25) is 0 Å². The Kier molecular flexibility index (Phi) is 2.97. The van der Waals surface area contributed by atoms with Gasteiger partial charge in [-0.25, -0.2) is 8.78 Å². The van der Waals surface area contributed by atoms with E-state index in [1.165, 1.54) is 12.1 Å². The number of hydrogen-bond acceptors (Lipinski definition) is 3. The van der Waals surface area contributed by atoms with Crippen molar-refractivity contribution in [2.24, 2.45) is 0 Å². The van der Waals surface area contributed by atoms with E-state index in [9.17, 15) is 8.78 Å². The highest BCUT2D eigenvalue weighted by Gasteiger charge is 2.27. The van der Waals surface area contributed by atoms with Gasteiger partial charge >= 0.3 is 0 Å². The Morgan fingerprint density at radius 1 is 1.11 bits per heavy atom. The Balaban J connectivity index is 2.10. The zero-order valence-electron chi connectivity index (χ0n) is 10.3. The second kappa shape index (κ2) is 4.64. The van der Waals surface area contributed by atoms with Crippen molar-refractivity contribution in [3.05, 3.63) is 35.6 Å². The van der Waals surface area contributed by atoms with E-state index in [2.05, 4.69) is 5.16 Å². The van der Waals surface area contributed by atoms with Gasteiger partial charge in [0.1, 0.15) is 17.4 Å². The lowest BCUT2D eigenvalue weighted by Crippen LogP contribution is -1.96. The summed E-state index contributed by atoms with van der Waals surface area (Å²) in [6.45, 7) is 0. The molecule has 1 saturated carbocycles. The highest BCUT2D eigenvalue weighted by Crippen LogP contribution is 2.41. The number of nitrogens with two attached hydrogens (primary N) is 1. The lowest BCUT2D eigenvalue weighted by atomic mass is 9.96. The fourth-order valence-electron chi connectivity index (χ4n) is 2.77. The Hall–Kier alpha value is -1.91. The largest absolute Gasteiger partial charge is 0.380 e. The van der Waals surface area contributed by atoms with Crippen molar-refractivity contribution in [1.82, 2.24) is 5.16 Å². The lowest BCUT2D eigenvalue weighted by molar-refractivity contribution is 0.363. The third kappa shape index (κ3) is 2.20. The molecule has 0 atom stereocenters. The summed E-state index contributed by atoms with van der Waals surface area (Å²) in [5.74, 6) is -0.182. The van der Waals surface area contributed by atoms with Gasteiger partial charge in [-0.3, -0.25) is 0 Å². The minimum absolute atomic E-state index is 0.187. The van der Waals surface area contributed by atoms with Crippen LogP contribution >= 0.6 is 0 Å². The molecule has 0 bridgehead atoms. The number of rotatable bonds is 2. The van der Waals surface area contributed by atoms with Crippen LogP contribution in [-0.2, 0) is 0 Å². The number of nitrogens with zero attached hydrogens (tertiary/aromatic N) is 1. The first-order chi connectivity index (χ1) is 9.15. The fourth-order valence-corrected chi connectivity index (χ4v) is 2.77. The predicted molar refractivity (Wildman–Crippen MR) is 67.5 cm³/mol. The Labute approximate surface area is 109 Å². The first-order valence-electron chi connectivity index (χ1n) is 6.36. The summed E-state index contributed by atoms with van der Waals surface area (Å²) in [7, 11) is 0. The van der Waals surface area contributed by atoms with Gasteiger partial charge in [0.2, 0.25) is 0 Å². The minimum atomic E-state index is -0.632. The summed E-state index contributed by atoms with van der Waals surface area (Å²) < 4.78 is 32.0. The molecule has 0 aliphatic heterocycles. The van der Waals surface area contributed by atoms with Crippen LogP contribution in [0, 0.1) is 11.6 Å². The van der Waals surface area contributed by atoms with Crippen molar-refractivity contribution in [3.63, 3.8) is 0 Å². The van der Waals surface area contributed by atoms with Gasteiger partial charge in [0.05, 0.1) is 5.56 Å². The number of hydrogen-bond donors (Lipinski definition) is 1. The summed E-state index contributed by atoms with van der Waals surface area (Å²) in [5.41, 5.74) is 6.71. The van der Waals surface area contributed by atoms with E-state index >= 15 is 0 Å². The molecule has 1 heterocycles. The Morgan fingerprint density at radius 3 is 2.37 bits per heavy atom. The van der Waals surface area contributed by atoms with Crippen LogP contribution in [0.15, 0.2) is 22.7 Å². The maximum absolute atomic E-state index is 13.3. The van der Waals surface area contributed by atoms with E-state index in [0.717, 1.165) is 31.7 Å². The zero-order valence-corrected chi connectivity index (χ0v) is 10.3. The van der Waals surface area contributed by atoms with Crippen LogP contribution in [0.1, 0.15) is 37.4 Å². The van der Waals surface area contributed by atoms with Crippen molar-refractivity contribution in [2.45, 2.75) is 31.6 Å². The van der Waals surface area contributed by atoms with Gasteiger partial charge in [-0.1, -0.05) is 18.0 Å². The van der Waals surface area contributed by atoms with Crippen LogP contribution in [0.5, 0.6) is 0 Å². The molecular weight excluding hydrogens is 250 g/mol. The SMILES string of the molecule is Nc1noc(C2CCCC2)c1-c1cc(F)cc(F)c1. The van der Waals surface area contributed by atoms with Crippen LogP contribution in [0.25, 0.3) is 11.1 Å². The van der Waals surface area contributed by atoms with Crippen LogP contribution in [0.4, 0.5) is 14.6 Å². The highest BCUT2D eigenvalue weighted by atomic mass is 19.1. The zero-order chi connectivity index (χ0) is 13.4. The van der Waals surface area contributed by atoms with Crippen molar-refractivity contribution >= 4 is 5.82 Å². The highest BCUT2D eigenvalue weighted by molar-refractivity contribution is 5.76. The third-order valence-corrected chi connectivity index (χ3v) is 3.62. The first-order valence-corrected chi connectivity index (χ1v) is 6.36. The molecule has 1 aliphatic carbocycles. The summed E-state index contributed by atoms with van der Waals surface area (Å²) in [6.07, 6.45) is 4.25. The predicted octanol–water partition coefficient (Wildman–Crippen LogP) is 3.86. The molecule has 0 amide bonds. The second-order valence-electron chi connectivity index (χ2n) is 4.95. The number of anilines is 1. The van der Waals surface area contributed by atoms with E-state index in [-0.39, 0.29) is 11.7 Å². The standard InChI is InChI=1S/C14H14F2N2O/c15-10-5-9(6-11(16)7-10)12-13(19-18-14(12)17)8-3-1-2-4-8/h5-8H,1-4H2,(H2,17,18). The number of benzene rings is 1. The average molecular weight is 264 g/mol. The lowest BCUT2D eigenvalue weighted by Gasteiger charge is -2.08. The van der Waals surface area contributed by atoms with Crippen molar-refractivity contribution in [3.8, 4) is 11.1 Å². The second-order valence-corrected chi connectivity index (χ2v) is 4.95. The molecule has 0 unspecified atom stereocenters. The normalized spacial score (nSPS) is 16.1. The summed E-state index contributed by atoms with van der Waals surface area (Å²) in [5, 5.41) is 3.75. The van der Waals surface area contributed by atoms with Gasteiger partial charge in [-0.2, -0.15) is 0 Å². The number of nitrogen functional groups attached to an aromatic ring is 1. The van der Waals surface area contributed by atoms with Crippen molar-refractivity contribution in [2.75, 3.05) is 5.73 Å². The molecule has 1 fully saturated rings. The smallest absolute Gasteiger partial charge is 0.175 e. The topological polar surface area (TPSA) is 52.0 Å². The summed E-state index contributed by atoms with van der Waals surface area (Å²) >= 11 is 0. The van der Waals surface area contributed by atoms with E-state index in [4.69, 9.17) is 10.3 Å². The molecular formula is C14H14F2N2O. The van der Waals surface area contributed by atoms with Crippen molar-refractivity contribution < 1.29 is 13.3 Å². The molecule has 0 saturated heterocycles. The van der Waals surface area contributed by atoms with Gasteiger partial charge in [0.15, 0.2) is 5.82 Å². The molecule has 1 aliphatic rings. The first kappa shape index (κ1) is 12.1. The molecule has 3 rings (SSSR count). The van der Waals surface area contributed by atoms with E-state index in [1.807, 2.05) is 0 Å². The Morgan fingerprint density at radius 2 is 1.74 bits per heavy atom. The van der Waals surface area contributed by atoms with Crippen molar-refractivity contribution in [1.29, 1.82) is 0 Å². The van der Waals surface area contributed by atoms with Gasteiger partial charge in [-0.05, 0) is 30.5 Å². The molecule has 5 heteroatoms. The van der Waals surface area contributed by atoms with Crippen LogP contribution in [0.3, 0.4) is 0 Å². The molecule has 1 aromatic heterocycles. The molecule has 100 valence electrons. The molecule has 2 aromatic rings. The minimum Gasteiger partial charge on any atom is -0.380 e. The van der Waals surface area contributed by atoms with Gasteiger partial charge in [-0.15, -0.1) is 0 Å². The van der Waals surface area contributed by atoms with Gasteiger partial charge in [0, 0.05) is 12.0 Å². The maximum atomic E-state index is 13.3. The van der Waals surface area contributed by atoms with Crippen LogP contribution < -0.4 is 5.73 Å². The third-order valence-electron chi connectivity index (χ3n) is 3.62. The molecule has 2 N–H and O–H groups in total. The number of halogens is 2. The average Bonchev–Trinajstić information content (AvgIpc) is 2.95. The molecule has 19 heavy (non-hydrogen) atoms. The fraction of sp³-hybridized carbons (Fsp3) is 0.357. The summed E-state index contributed by atoms with van der Waals surface area (Å²) in [4.78, 5) is 0.